The lowest BCUT2D eigenvalue weighted by molar-refractivity contribution is -0.135. The molecular weight excluding hydrogens is 332 g/mol. The van der Waals surface area contributed by atoms with Crippen LogP contribution >= 0.6 is 0 Å². The first kappa shape index (κ1) is 20.4. The van der Waals surface area contributed by atoms with Crippen LogP contribution in [-0.4, -0.2) is 12.1 Å². The number of benzene rings is 1. The summed E-state index contributed by atoms with van der Waals surface area (Å²) >= 11 is 0. The monoisotopic (exact) mass is 370 g/mol. The second kappa shape index (κ2) is 8.80. The number of carbonyl (C=O) groups is 1. The zero-order valence-corrected chi connectivity index (χ0v) is 17.7. The Kier molecular flexibility index (Phi) is 6.65. The largest absolute Gasteiger partial charge is 0.461 e. The molecule has 0 spiro atoms. The SMILES string of the molecule is Cc1ccc(CCCCCC2(C)CC2)c(C)c1CCCCC1(OC=O)CC1. The normalized spacial score (nSPS) is 18.9. The first-order chi connectivity index (χ1) is 13.0. The van der Waals surface area contributed by atoms with Gasteiger partial charge in [-0.25, -0.2) is 0 Å². The molecule has 1 aromatic rings. The Hall–Kier alpha value is -1.31. The highest BCUT2D eigenvalue weighted by molar-refractivity contribution is 5.40. The van der Waals surface area contributed by atoms with E-state index in [1.54, 1.807) is 11.1 Å². The topological polar surface area (TPSA) is 26.3 Å². The Morgan fingerprint density at radius 2 is 1.63 bits per heavy atom. The fourth-order valence-electron chi connectivity index (χ4n) is 4.52. The molecule has 0 N–H and O–H groups in total. The molecule has 2 heteroatoms. The summed E-state index contributed by atoms with van der Waals surface area (Å²) in [5, 5.41) is 0. The van der Waals surface area contributed by atoms with Crippen LogP contribution in [0.2, 0.25) is 0 Å². The Bertz CT molecular complexity index is 638. The average molecular weight is 371 g/mol. The fourth-order valence-corrected chi connectivity index (χ4v) is 4.52. The van der Waals surface area contributed by atoms with Crippen molar-refractivity contribution in [3.63, 3.8) is 0 Å². The zero-order valence-electron chi connectivity index (χ0n) is 17.7. The molecule has 150 valence electrons. The van der Waals surface area contributed by atoms with Crippen molar-refractivity contribution in [1.82, 2.24) is 0 Å². The molecule has 2 fully saturated rings. The van der Waals surface area contributed by atoms with E-state index in [4.69, 9.17) is 4.74 Å². The minimum Gasteiger partial charge on any atom is -0.461 e. The lowest BCUT2D eigenvalue weighted by Crippen LogP contribution is -2.12. The fraction of sp³-hybridized carbons (Fsp3) is 0.720. The van der Waals surface area contributed by atoms with Crippen LogP contribution in [0.5, 0.6) is 0 Å². The molecule has 0 amide bonds. The van der Waals surface area contributed by atoms with Gasteiger partial charge in [-0.2, -0.15) is 0 Å². The lowest BCUT2D eigenvalue weighted by Gasteiger charge is -2.16. The molecule has 0 heterocycles. The van der Waals surface area contributed by atoms with Crippen molar-refractivity contribution in [3.05, 3.63) is 34.4 Å². The van der Waals surface area contributed by atoms with Gasteiger partial charge in [0.15, 0.2) is 0 Å². The van der Waals surface area contributed by atoms with Crippen LogP contribution < -0.4 is 0 Å². The molecule has 2 saturated carbocycles. The van der Waals surface area contributed by atoms with E-state index in [0.717, 1.165) is 32.1 Å². The summed E-state index contributed by atoms with van der Waals surface area (Å²) < 4.78 is 5.27. The molecule has 2 nitrogen and oxygen atoms in total. The Balaban J connectivity index is 1.42. The predicted molar refractivity (Wildman–Crippen MR) is 112 cm³/mol. The lowest BCUT2D eigenvalue weighted by atomic mass is 9.91. The van der Waals surface area contributed by atoms with Crippen molar-refractivity contribution in [3.8, 4) is 0 Å². The van der Waals surface area contributed by atoms with Crippen LogP contribution in [0.25, 0.3) is 0 Å². The maximum Gasteiger partial charge on any atom is 0.293 e. The van der Waals surface area contributed by atoms with Gasteiger partial charge in [-0.1, -0.05) is 31.9 Å². The van der Waals surface area contributed by atoms with Crippen LogP contribution in [0.4, 0.5) is 0 Å². The summed E-state index contributed by atoms with van der Waals surface area (Å²) in [6.45, 7) is 7.65. The molecule has 0 unspecified atom stereocenters. The number of ether oxygens (including phenoxy) is 1. The van der Waals surface area contributed by atoms with Crippen molar-refractivity contribution in [2.45, 2.75) is 110 Å². The number of carbonyl (C=O) groups excluding carboxylic acids is 1. The van der Waals surface area contributed by atoms with E-state index in [-0.39, 0.29) is 5.60 Å². The third-order valence-corrected chi connectivity index (χ3v) is 7.19. The minimum absolute atomic E-state index is 0.0920. The maximum absolute atomic E-state index is 10.6. The molecular formula is C25H38O2. The first-order valence-corrected chi connectivity index (χ1v) is 11.2. The molecule has 0 atom stereocenters. The summed E-state index contributed by atoms with van der Waals surface area (Å²) in [6.07, 6.45) is 16.3. The van der Waals surface area contributed by atoms with Gasteiger partial charge < -0.3 is 4.74 Å². The quantitative estimate of drug-likeness (QED) is 0.288. The van der Waals surface area contributed by atoms with Crippen molar-refractivity contribution in [1.29, 1.82) is 0 Å². The highest BCUT2D eigenvalue weighted by Gasteiger charge is 2.44. The van der Waals surface area contributed by atoms with Crippen molar-refractivity contribution < 1.29 is 9.53 Å². The van der Waals surface area contributed by atoms with E-state index in [1.807, 2.05) is 0 Å². The molecule has 0 saturated heterocycles. The summed E-state index contributed by atoms with van der Waals surface area (Å²) in [5.41, 5.74) is 6.68. The first-order valence-electron chi connectivity index (χ1n) is 11.2. The highest BCUT2D eigenvalue weighted by Crippen LogP contribution is 2.49. The summed E-state index contributed by atoms with van der Waals surface area (Å²) in [6, 6.07) is 4.67. The summed E-state index contributed by atoms with van der Waals surface area (Å²) in [5.74, 6) is 0. The number of aryl methyl sites for hydroxylation is 2. The van der Waals surface area contributed by atoms with Crippen molar-refractivity contribution in [2.24, 2.45) is 5.41 Å². The van der Waals surface area contributed by atoms with Gasteiger partial charge in [0.25, 0.3) is 6.47 Å². The van der Waals surface area contributed by atoms with E-state index in [9.17, 15) is 4.79 Å². The molecule has 2 aliphatic rings. The zero-order chi connectivity index (χ0) is 19.3. The molecule has 0 aliphatic heterocycles. The molecule has 27 heavy (non-hydrogen) atoms. The number of unbranched alkanes of at least 4 members (excludes halogenated alkanes) is 3. The van der Waals surface area contributed by atoms with E-state index in [2.05, 4.69) is 32.9 Å². The second-order valence-electron chi connectivity index (χ2n) is 9.62. The minimum atomic E-state index is -0.0920. The van der Waals surface area contributed by atoms with Crippen molar-refractivity contribution in [2.75, 3.05) is 0 Å². The molecule has 0 bridgehead atoms. The molecule has 0 aromatic heterocycles. The van der Waals surface area contributed by atoms with E-state index in [0.29, 0.717) is 11.9 Å². The molecule has 0 radical (unpaired) electrons. The predicted octanol–water partition coefficient (Wildman–Crippen LogP) is 6.62. The standard InChI is InChI=1S/C25H38O2/c1-20-11-12-22(9-5-4-7-13-24(3)15-16-24)21(2)23(20)10-6-8-14-25(17-18-25)27-19-26/h11-12,19H,4-10,13-18H2,1-3H3. The number of rotatable bonds is 13. The van der Waals surface area contributed by atoms with Crippen LogP contribution in [0.1, 0.15) is 99.8 Å². The average Bonchev–Trinajstić information content (AvgIpc) is 3.55. The van der Waals surface area contributed by atoms with Gasteiger partial charge >= 0.3 is 0 Å². The third kappa shape index (κ3) is 5.83. The van der Waals surface area contributed by atoms with Crippen LogP contribution in [0, 0.1) is 19.3 Å². The van der Waals surface area contributed by atoms with E-state index in [1.165, 1.54) is 62.5 Å². The maximum atomic E-state index is 10.6. The second-order valence-corrected chi connectivity index (χ2v) is 9.62. The van der Waals surface area contributed by atoms with Crippen LogP contribution in [0.3, 0.4) is 0 Å². The summed E-state index contributed by atoms with van der Waals surface area (Å²) in [4.78, 5) is 10.6. The van der Waals surface area contributed by atoms with E-state index >= 15 is 0 Å². The van der Waals surface area contributed by atoms with Gasteiger partial charge in [0, 0.05) is 0 Å². The van der Waals surface area contributed by atoms with Crippen LogP contribution in [0.15, 0.2) is 12.1 Å². The molecule has 3 rings (SSSR count). The molecule has 1 aromatic carbocycles. The number of hydrogen-bond acceptors (Lipinski definition) is 2. The summed E-state index contributed by atoms with van der Waals surface area (Å²) in [7, 11) is 0. The van der Waals surface area contributed by atoms with Gasteiger partial charge in [-0.3, -0.25) is 4.79 Å². The highest BCUT2D eigenvalue weighted by atomic mass is 16.5. The Labute approximate surface area is 166 Å². The van der Waals surface area contributed by atoms with Gasteiger partial charge in [-0.15, -0.1) is 0 Å². The Morgan fingerprint density at radius 3 is 2.30 bits per heavy atom. The van der Waals surface area contributed by atoms with Crippen LogP contribution in [-0.2, 0) is 22.4 Å². The number of hydrogen-bond donors (Lipinski definition) is 0. The van der Waals surface area contributed by atoms with E-state index < -0.39 is 0 Å². The van der Waals surface area contributed by atoms with Gasteiger partial charge in [0.2, 0.25) is 0 Å². The van der Waals surface area contributed by atoms with Gasteiger partial charge in [0.05, 0.1) is 0 Å². The van der Waals surface area contributed by atoms with Crippen molar-refractivity contribution >= 4 is 6.47 Å². The smallest absolute Gasteiger partial charge is 0.293 e. The molecule has 2 aliphatic carbocycles. The Morgan fingerprint density at radius 1 is 0.926 bits per heavy atom. The third-order valence-electron chi connectivity index (χ3n) is 7.19. The van der Waals surface area contributed by atoms with Gasteiger partial charge in [-0.05, 0) is 112 Å². The van der Waals surface area contributed by atoms with Gasteiger partial charge in [0.1, 0.15) is 5.60 Å².